The number of epoxide rings is 1. The molecule has 1 spiro atoms. The van der Waals surface area contributed by atoms with Gasteiger partial charge in [0, 0.05) is 32.1 Å². The number of rotatable bonds is 12. The Morgan fingerprint density at radius 1 is 1.13 bits per heavy atom. The van der Waals surface area contributed by atoms with Crippen LogP contribution in [0.4, 0.5) is 4.79 Å². The molecular weight excluding hydrogens is 590 g/mol. The van der Waals surface area contributed by atoms with Gasteiger partial charge in [-0.05, 0) is 71.3 Å². The van der Waals surface area contributed by atoms with E-state index in [1.807, 2.05) is 32.9 Å². The minimum atomic E-state index is -0.783. The van der Waals surface area contributed by atoms with Gasteiger partial charge in [-0.3, -0.25) is 9.59 Å². The Labute approximate surface area is 274 Å². The number of amides is 3. The summed E-state index contributed by atoms with van der Waals surface area (Å²) in [7, 11) is 0. The van der Waals surface area contributed by atoms with Crippen LogP contribution in [0.2, 0.25) is 0 Å². The van der Waals surface area contributed by atoms with Gasteiger partial charge in [0.05, 0.1) is 37.4 Å². The minimum Gasteiger partial charge on any atom is -0.442 e. The average Bonchev–Trinajstić information content (AvgIpc) is 3.81. The number of allylic oxidation sites excluding steroid dienone is 2. The van der Waals surface area contributed by atoms with E-state index in [0.717, 1.165) is 50.8 Å². The Kier molecular flexibility index (Phi) is 13.3. The monoisotopic (exact) mass is 645 g/mol. The Bertz CT molecular complexity index is 1130. The van der Waals surface area contributed by atoms with Crippen LogP contribution in [0.1, 0.15) is 86.0 Å². The van der Waals surface area contributed by atoms with Crippen LogP contribution in [0.15, 0.2) is 36.0 Å². The van der Waals surface area contributed by atoms with Crippen molar-refractivity contribution in [3.63, 3.8) is 0 Å². The van der Waals surface area contributed by atoms with Crippen molar-refractivity contribution in [2.45, 2.75) is 134 Å². The standard InChI is InChI=1S/C35H55N3O8/c1-6-16-36-32(40)20-27-21-35(22-43-35)33(41)30(46-27)14-11-23(2)10-13-29-24(3)19-28(26(5)45-29)37-31(39)15-12-25(4)44-34(42)38-17-8-7-9-18-38/h10-12,14-15,24-30,33,41H,6-9,13,16-22H2,1-5H3,(H,36,40)(H,37,39)/b14-11+,15-12?,23-10+/t24-,25?,26+,27+,28+,29-,30+,33+,35+/m0/s1. The van der Waals surface area contributed by atoms with Crippen LogP contribution < -0.4 is 10.6 Å². The van der Waals surface area contributed by atoms with Gasteiger partial charge in [0.2, 0.25) is 11.8 Å². The third-order valence-corrected chi connectivity index (χ3v) is 9.46. The lowest BCUT2D eigenvalue weighted by Gasteiger charge is -2.39. The molecular formula is C35H55N3O8. The molecule has 0 saturated carbocycles. The summed E-state index contributed by atoms with van der Waals surface area (Å²) >= 11 is 0. The van der Waals surface area contributed by atoms with Crippen LogP contribution in [0.5, 0.6) is 0 Å². The minimum absolute atomic E-state index is 0.00179. The molecule has 4 heterocycles. The van der Waals surface area contributed by atoms with Crippen LogP contribution in [0, 0.1) is 5.92 Å². The van der Waals surface area contributed by atoms with Gasteiger partial charge < -0.3 is 39.6 Å². The summed E-state index contributed by atoms with van der Waals surface area (Å²) < 4.78 is 23.6. The van der Waals surface area contributed by atoms with Crippen molar-refractivity contribution < 1.29 is 38.4 Å². The van der Waals surface area contributed by atoms with E-state index >= 15 is 0 Å². The summed E-state index contributed by atoms with van der Waals surface area (Å²) in [5.74, 6) is -0.0625. The topological polar surface area (TPSA) is 139 Å². The Morgan fingerprint density at radius 2 is 1.87 bits per heavy atom. The Hall–Kier alpha value is -2.73. The number of ether oxygens (including phenoxy) is 4. The van der Waals surface area contributed by atoms with Crippen molar-refractivity contribution in [2.24, 2.45) is 5.92 Å². The highest BCUT2D eigenvalue weighted by molar-refractivity contribution is 5.87. The normalized spacial score (nSPS) is 34.1. The van der Waals surface area contributed by atoms with Gasteiger partial charge in [0.1, 0.15) is 23.9 Å². The molecule has 0 bridgehead atoms. The number of hydrogen-bond donors (Lipinski definition) is 3. The molecule has 0 aromatic rings. The summed E-state index contributed by atoms with van der Waals surface area (Å²) in [5, 5.41) is 16.8. The quantitative estimate of drug-likeness (QED) is 0.165. The number of nitrogens with zero attached hydrogens (tertiary/aromatic N) is 1. The summed E-state index contributed by atoms with van der Waals surface area (Å²) in [6, 6.07) is -0.126. The number of piperidine rings is 1. The van der Waals surface area contributed by atoms with Gasteiger partial charge in [-0.25, -0.2) is 4.79 Å². The number of aliphatic hydroxyl groups excluding tert-OH is 1. The number of carbonyl (C=O) groups excluding carboxylic acids is 3. The molecule has 0 aromatic heterocycles. The number of nitrogens with one attached hydrogen (secondary N) is 2. The average molecular weight is 646 g/mol. The zero-order valence-corrected chi connectivity index (χ0v) is 28.2. The molecule has 0 radical (unpaired) electrons. The van der Waals surface area contributed by atoms with Crippen LogP contribution in [-0.2, 0) is 28.5 Å². The molecule has 46 heavy (non-hydrogen) atoms. The van der Waals surface area contributed by atoms with Crippen LogP contribution in [0.25, 0.3) is 0 Å². The molecule has 4 aliphatic heterocycles. The Balaban J connectivity index is 1.21. The molecule has 4 fully saturated rings. The van der Waals surface area contributed by atoms with Crippen LogP contribution >= 0.6 is 0 Å². The third kappa shape index (κ3) is 10.4. The first kappa shape index (κ1) is 36.1. The molecule has 1 unspecified atom stereocenters. The first-order chi connectivity index (χ1) is 22.0. The first-order valence-corrected chi connectivity index (χ1v) is 17.2. The van der Waals surface area contributed by atoms with Crippen molar-refractivity contribution in [2.75, 3.05) is 26.2 Å². The SMILES string of the molecule is CCCNC(=O)C[C@@H]1C[C@@]2(CO2)[C@H](O)[C@@H](/C=C/C(C)=C/C[C@@H]2O[C@H](C)[C@H](NC(=O)C=CC(C)OC(=O)N3CCCCC3)C[C@@H]2C)O1. The summed E-state index contributed by atoms with van der Waals surface area (Å²) in [6.07, 6.45) is 12.6. The first-order valence-electron chi connectivity index (χ1n) is 17.2. The van der Waals surface area contributed by atoms with E-state index in [-0.39, 0.29) is 54.6 Å². The fourth-order valence-corrected chi connectivity index (χ4v) is 6.48. The number of hydrogen-bond acceptors (Lipinski definition) is 8. The van der Waals surface area contributed by atoms with E-state index in [1.54, 1.807) is 17.9 Å². The lowest BCUT2D eigenvalue weighted by molar-refractivity contribution is -0.145. The lowest BCUT2D eigenvalue weighted by atomic mass is 9.87. The largest absolute Gasteiger partial charge is 0.442 e. The van der Waals surface area contributed by atoms with Gasteiger partial charge in [-0.1, -0.05) is 37.6 Å². The van der Waals surface area contributed by atoms with E-state index in [4.69, 9.17) is 18.9 Å². The van der Waals surface area contributed by atoms with Crippen LogP contribution in [0.3, 0.4) is 0 Å². The van der Waals surface area contributed by atoms with Crippen molar-refractivity contribution in [3.8, 4) is 0 Å². The smallest absolute Gasteiger partial charge is 0.410 e. The van der Waals surface area contributed by atoms with E-state index in [1.165, 1.54) is 6.08 Å². The molecule has 4 aliphatic rings. The molecule has 0 aliphatic carbocycles. The number of carbonyl (C=O) groups is 3. The molecule has 4 saturated heterocycles. The van der Waals surface area contributed by atoms with E-state index in [2.05, 4.69) is 23.6 Å². The highest BCUT2D eigenvalue weighted by atomic mass is 16.6. The molecule has 258 valence electrons. The zero-order chi connectivity index (χ0) is 33.3. The van der Waals surface area contributed by atoms with Crippen molar-refractivity contribution in [1.29, 1.82) is 0 Å². The molecule has 9 atom stereocenters. The zero-order valence-electron chi connectivity index (χ0n) is 28.2. The molecule has 3 amide bonds. The second-order valence-corrected chi connectivity index (χ2v) is 13.5. The lowest BCUT2D eigenvalue weighted by Crippen LogP contribution is -2.50. The van der Waals surface area contributed by atoms with Crippen molar-refractivity contribution >= 4 is 17.9 Å². The predicted octanol–water partition coefficient (Wildman–Crippen LogP) is 3.95. The van der Waals surface area contributed by atoms with Crippen molar-refractivity contribution in [1.82, 2.24) is 15.5 Å². The fourth-order valence-electron chi connectivity index (χ4n) is 6.48. The molecule has 4 rings (SSSR count). The second kappa shape index (κ2) is 16.9. The third-order valence-electron chi connectivity index (χ3n) is 9.46. The highest BCUT2D eigenvalue weighted by Crippen LogP contribution is 2.43. The molecule has 3 N–H and O–H groups in total. The second-order valence-electron chi connectivity index (χ2n) is 13.5. The summed E-state index contributed by atoms with van der Waals surface area (Å²) in [4.78, 5) is 39.0. The fraction of sp³-hybridized carbons (Fsp3) is 0.743. The Morgan fingerprint density at radius 3 is 2.57 bits per heavy atom. The van der Waals surface area contributed by atoms with E-state index in [9.17, 15) is 19.5 Å². The molecule has 0 aromatic carbocycles. The summed E-state index contributed by atoms with van der Waals surface area (Å²) in [6.45, 7) is 12.4. The van der Waals surface area contributed by atoms with Crippen molar-refractivity contribution in [3.05, 3.63) is 36.0 Å². The maximum Gasteiger partial charge on any atom is 0.410 e. The van der Waals surface area contributed by atoms with Gasteiger partial charge >= 0.3 is 6.09 Å². The van der Waals surface area contributed by atoms with Crippen LogP contribution in [-0.4, -0.2) is 102 Å². The maximum absolute atomic E-state index is 12.7. The van der Waals surface area contributed by atoms with E-state index in [0.29, 0.717) is 26.0 Å². The molecule has 11 heteroatoms. The number of aliphatic hydroxyl groups is 1. The predicted molar refractivity (Wildman–Crippen MR) is 174 cm³/mol. The van der Waals surface area contributed by atoms with Gasteiger partial charge in [-0.2, -0.15) is 0 Å². The number of likely N-dealkylation sites (tertiary alicyclic amines) is 1. The maximum atomic E-state index is 12.7. The van der Waals surface area contributed by atoms with Gasteiger partial charge in [0.15, 0.2) is 0 Å². The van der Waals surface area contributed by atoms with E-state index < -0.39 is 23.9 Å². The highest BCUT2D eigenvalue weighted by Gasteiger charge is 2.58. The van der Waals surface area contributed by atoms with Gasteiger partial charge in [-0.15, -0.1) is 0 Å². The van der Waals surface area contributed by atoms with Gasteiger partial charge in [0.25, 0.3) is 0 Å². The summed E-state index contributed by atoms with van der Waals surface area (Å²) in [5.41, 5.74) is 0.394. The molecule has 11 nitrogen and oxygen atoms in total.